The summed E-state index contributed by atoms with van der Waals surface area (Å²) in [4.78, 5) is 27.9. The SMILES string of the molecule is Cn1ccc(C(=O)Nc2ccc(F)c([C@@]3(C(F)F)N=C(N)OC4B[C@@H]43)c2)cc1=O. The van der Waals surface area contributed by atoms with E-state index >= 15 is 0 Å². The quantitative estimate of drug-likeness (QED) is 0.747. The summed E-state index contributed by atoms with van der Waals surface area (Å²) < 4.78 is 49.3. The van der Waals surface area contributed by atoms with E-state index < -0.39 is 41.5 Å². The van der Waals surface area contributed by atoms with Crippen molar-refractivity contribution in [2.45, 2.75) is 23.8 Å². The van der Waals surface area contributed by atoms with Gasteiger partial charge in [-0.3, -0.25) is 9.59 Å². The first kappa shape index (κ1) is 19.1. The van der Waals surface area contributed by atoms with Crippen LogP contribution in [0.2, 0.25) is 5.82 Å². The molecule has 2 aromatic rings. The Morgan fingerprint density at radius 3 is 2.83 bits per heavy atom. The first-order valence-corrected chi connectivity index (χ1v) is 8.80. The van der Waals surface area contributed by atoms with Gasteiger partial charge in [0.15, 0.2) is 12.8 Å². The second-order valence-electron chi connectivity index (χ2n) is 7.09. The minimum atomic E-state index is -3.03. The Kier molecular flexibility index (Phi) is 4.40. The van der Waals surface area contributed by atoms with Crippen molar-refractivity contribution in [3.63, 3.8) is 0 Å². The maximum Gasteiger partial charge on any atom is 0.282 e. The lowest BCUT2D eigenvalue weighted by Gasteiger charge is -2.34. The minimum absolute atomic E-state index is 0.0816. The number of aliphatic imine (C=N–C) groups is 1. The number of nitrogens with one attached hydrogen (secondary N) is 1. The standard InChI is InChI=1S/C18H16BF3N4O3/c1-26-5-4-8(6-12(26)27)15(28)24-9-2-3-11(20)10(7-9)18(16(21)22)13-14(19-13)29-17(23)25-18/h2-7,13-14,16,19H,1H3,(H2,23,25)(H,24,28)/t13-,14?,18+/m0/s1. The van der Waals surface area contributed by atoms with E-state index in [0.717, 1.165) is 18.2 Å². The van der Waals surface area contributed by atoms with Crippen LogP contribution in [-0.4, -0.2) is 36.2 Å². The van der Waals surface area contributed by atoms with Gasteiger partial charge in [-0.2, -0.15) is 0 Å². The van der Waals surface area contributed by atoms with Gasteiger partial charge in [0.2, 0.25) is 0 Å². The molecule has 1 aromatic carbocycles. The van der Waals surface area contributed by atoms with E-state index in [1.807, 2.05) is 0 Å². The highest BCUT2D eigenvalue weighted by Crippen LogP contribution is 2.56. The lowest BCUT2D eigenvalue weighted by atomic mass is 9.78. The zero-order chi connectivity index (χ0) is 20.9. The molecule has 3 heterocycles. The highest BCUT2D eigenvalue weighted by atomic mass is 19.3. The molecule has 1 unspecified atom stereocenters. The summed E-state index contributed by atoms with van der Waals surface area (Å²) in [7, 11) is 1.81. The number of nitrogens with two attached hydrogens (primary N) is 1. The number of aromatic nitrogens is 1. The molecule has 0 radical (unpaired) electrons. The second-order valence-corrected chi connectivity index (χ2v) is 7.09. The van der Waals surface area contributed by atoms with E-state index in [1.165, 1.54) is 29.9 Å². The van der Waals surface area contributed by atoms with Crippen LogP contribution in [0.4, 0.5) is 18.9 Å². The first-order valence-electron chi connectivity index (χ1n) is 8.80. The lowest BCUT2D eigenvalue weighted by molar-refractivity contribution is 0.0333. The van der Waals surface area contributed by atoms with Crippen LogP contribution in [0.15, 0.2) is 46.3 Å². The van der Waals surface area contributed by atoms with Crippen LogP contribution in [0.25, 0.3) is 0 Å². The normalized spacial score (nSPS) is 24.8. The Hall–Kier alpha value is -3.24. The number of halogens is 3. The maximum absolute atomic E-state index is 14.6. The Morgan fingerprint density at radius 2 is 2.14 bits per heavy atom. The number of aryl methyl sites for hydroxylation is 1. The van der Waals surface area contributed by atoms with E-state index in [-0.39, 0.29) is 29.7 Å². The molecule has 11 heteroatoms. The number of fused-ring (bicyclic) bond motifs is 1. The number of anilines is 1. The van der Waals surface area contributed by atoms with Crippen LogP contribution in [0.3, 0.4) is 0 Å². The number of rotatable bonds is 4. The van der Waals surface area contributed by atoms with E-state index in [2.05, 4.69) is 10.3 Å². The number of benzene rings is 1. The third-order valence-electron chi connectivity index (χ3n) is 5.22. The molecule has 3 atom stereocenters. The molecule has 0 saturated carbocycles. The monoisotopic (exact) mass is 404 g/mol. The smallest absolute Gasteiger partial charge is 0.282 e. The molecule has 0 spiro atoms. The third kappa shape index (κ3) is 3.16. The fraction of sp³-hybridized carbons (Fsp3) is 0.278. The Balaban J connectivity index is 1.71. The van der Waals surface area contributed by atoms with Gasteiger partial charge in [-0.05, 0) is 24.3 Å². The summed E-state index contributed by atoms with van der Waals surface area (Å²) in [6.45, 7) is 0. The number of pyridine rings is 1. The van der Waals surface area contributed by atoms with Gasteiger partial charge < -0.3 is 20.4 Å². The molecule has 4 rings (SSSR count). The molecule has 1 saturated heterocycles. The number of alkyl halides is 2. The van der Waals surface area contributed by atoms with Crippen molar-refractivity contribution in [3.8, 4) is 0 Å². The molecular weight excluding hydrogens is 388 g/mol. The predicted octanol–water partition coefficient (Wildman–Crippen LogP) is 1.15. The topological polar surface area (TPSA) is 98.7 Å². The summed E-state index contributed by atoms with van der Waals surface area (Å²) in [5.74, 6) is -2.24. The van der Waals surface area contributed by atoms with Gasteiger partial charge in [0, 0.05) is 41.9 Å². The lowest BCUT2D eigenvalue weighted by Crippen LogP contribution is -2.41. The van der Waals surface area contributed by atoms with Crippen molar-refractivity contribution in [1.29, 1.82) is 0 Å². The van der Waals surface area contributed by atoms with Crippen molar-refractivity contribution in [2.75, 3.05) is 5.32 Å². The first-order chi connectivity index (χ1) is 13.7. The molecule has 0 aliphatic carbocycles. The molecular formula is C18H16BF3N4O3. The molecule has 1 aromatic heterocycles. The zero-order valence-corrected chi connectivity index (χ0v) is 15.2. The number of hydrogen-bond donors (Lipinski definition) is 2. The fourth-order valence-electron chi connectivity index (χ4n) is 3.60. The van der Waals surface area contributed by atoms with Crippen LogP contribution in [0, 0.1) is 5.82 Å². The highest BCUT2D eigenvalue weighted by Gasteiger charge is 2.64. The van der Waals surface area contributed by atoms with Crippen molar-refractivity contribution >= 4 is 24.9 Å². The van der Waals surface area contributed by atoms with Crippen LogP contribution < -0.4 is 16.6 Å². The van der Waals surface area contributed by atoms with Gasteiger partial charge in [0.1, 0.15) is 5.82 Å². The summed E-state index contributed by atoms with van der Waals surface area (Å²) in [5.41, 5.74) is 2.78. The summed E-state index contributed by atoms with van der Waals surface area (Å²) in [6.07, 6.45) is -1.61. The number of nitrogens with zero attached hydrogens (tertiary/aromatic N) is 2. The molecule has 0 bridgehead atoms. The van der Waals surface area contributed by atoms with Gasteiger partial charge in [-0.25, -0.2) is 18.2 Å². The van der Waals surface area contributed by atoms with Gasteiger partial charge in [-0.1, -0.05) is 0 Å². The van der Waals surface area contributed by atoms with Gasteiger partial charge >= 0.3 is 0 Å². The number of ether oxygens (including phenoxy) is 1. The Labute approximate surface area is 163 Å². The summed E-state index contributed by atoms with van der Waals surface area (Å²) >= 11 is 0. The number of amidine groups is 1. The highest BCUT2D eigenvalue weighted by molar-refractivity contribution is 6.54. The predicted molar refractivity (Wildman–Crippen MR) is 101 cm³/mol. The average Bonchev–Trinajstić information content (AvgIpc) is 3.44. The number of carbonyl (C=O) groups is 1. The number of amides is 1. The molecule has 1 fully saturated rings. The molecule has 2 aliphatic rings. The number of hydrogen-bond acceptors (Lipinski definition) is 5. The van der Waals surface area contributed by atoms with Crippen molar-refractivity contribution in [2.24, 2.45) is 17.8 Å². The second kappa shape index (κ2) is 6.68. The van der Waals surface area contributed by atoms with E-state index in [9.17, 15) is 22.8 Å². The summed E-state index contributed by atoms with van der Waals surface area (Å²) in [5, 5.41) is 2.50. The van der Waals surface area contributed by atoms with Crippen molar-refractivity contribution < 1.29 is 22.7 Å². The molecule has 150 valence electrons. The molecule has 29 heavy (non-hydrogen) atoms. The van der Waals surface area contributed by atoms with E-state index in [0.29, 0.717) is 0 Å². The van der Waals surface area contributed by atoms with Gasteiger partial charge in [0.05, 0.1) is 6.00 Å². The van der Waals surface area contributed by atoms with E-state index in [1.54, 1.807) is 0 Å². The van der Waals surface area contributed by atoms with Crippen molar-refractivity contribution in [1.82, 2.24) is 4.57 Å². The molecule has 2 aliphatic heterocycles. The fourth-order valence-corrected chi connectivity index (χ4v) is 3.60. The van der Waals surface area contributed by atoms with Gasteiger partial charge in [0.25, 0.3) is 23.9 Å². The molecule has 3 N–H and O–H groups in total. The Bertz CT molecular complexity index is 1090. The summed E-state index contributed by atoms with van der Waals surface area (Å²) in [6, 6.07) is 4.96. The van der Waals surface area contributed by atoms with Gasteiger partial charge in [-0.15, -0.1) is 0 Å². The zero-order valence-electron chi connectivity index (χ0n) is 15.2. The van der Waals surface area contributed by atoms with Crippen LogP contribution in [-0.2, 0) is 17.3 Å². The maximum atomic E-state index is 14.6. The van der Waals surface area contributed by atoms with E-state index in [4.69, 9.17) is 10.5 Å². The molecule has 1 amide bonds. The largest absolute Gasteiger partial charge is 0.472 e. The van der Waals surface area contributed by atoms with Crippen molar-refractivity contribution in [3.05, 3.63) is 63.8 Å². The third-order valence-corrected chi connectivity index (χ3v) is 5.22. The number of carbonyl (C=O) groups excluding carboxylic acids is 1. The average molecular weight is 404 g/mol. The minimum Gasteiger partial charge on any atom is -0.472 e. The van der Waals surface area contributed by atoms with Crippen LogP contribution in [0.5, 0.6) is 0 Å². The van der Waals surface area contributed by atoms with Crippen LogP contribution >= 0.6 is 0 Å². The van der Waals surface area contributed by atoms with Crippen LogP contribution in [0.1, 0.15) is 15.9 Å². The molecule has 7 nitrogen and oxygen atoms in total. The Morgan fingerprint density at radius 1 is 1.38 bits per heavy atom.